The van der Waals surface area contributed by atoms with Crippen LogP contribution in [0.2, 0.25) is 0 Å². The number of halogens is 1. The molecular weight excluding hydrogens is 258 g/mol. The summed E-state index contributed by atoms with van der Waals surface area (Å²) in [5.41, 5.74) is 1.10. The van der Waals surface area contributed by atoms with Crippen LogP contribution in [0, 0.1) is 0 Å². The zero-order chi connectivity index (χ0) is 13.7. The minimum absolute atomic E-state index is 0.0582. The summed E-state index contributed by atoms with van der Waals surface area (Å²) < 4.78 is 0. The molecule has 1 aromatic rings. The summed E-state index contributed by atoms with van der Waals surface area (Å²) in [4.78, 5) is 14.7. The van der Waals surface area contributed by atoms with Gasteiger partial charge in [0, 0.05) is 18.5 Å². The number of amides is 1. The Hall–Kier alpha value is -1.02. The van der Waals surface area contributed by atoms with Crippen molar-refractivity contribution >= 4 is 17.5 Å². The molecule has 1 aliphatic rings. The Morgan fingerprint density at radius 3 is 2.79 bits per heavy atom. The van der Waals surface area contributed by atoms with Gasteiger partial charge in [0.25, 0.3) is 0 Å². The fourth-order valence-corrected chi connectivity index (χ4v) is 3.10. The van der Waals surface area contributed by atoms with Gasteiger partial charge in [0.05, 0.1) is 5.92 Å². The lowest BCUT2D eigenvalue weighted by Gasteiger charge is -2.37. The first-order valence-corrected chi connectivity index (χ1v) is 7.69. The van der Waals surface area contributed by atoms with Gasteiger partial charge >= 0.3 is 0 Å². The van der Waals surface area contributed by atoms with Crippen LogP contribution in [0.15, 0.2) is 30.3 Å². The maximum atomic E-state index is 12.7. The third-order valence-electron chi connectivity index (χ3n) is 4.02. The van der Waals surface area contributed by atoms with Crippen molar-refractivity contribution in [1.29, 1.82) is 0 Å². The standard InChI is InChI=1S/C16H22ClNO/c1-13(14-7-3-2-4-8-14)16(19)18-12-6-5-9-15(18)10-11-17/h2-4,7-8,13,15H,5-6,9-12H2,1H3. The molecule has 0 saturated carbocycles. The minimum Gasteiger partial charge on any atom is -0.339 e. The number of carbonyl (C=O) groups is 1. The fraction of sp³-hybridized carbons (Fsp3) is 0.562. The van der Waals surface area contributed by atoms with E-state index in [0.717, 1.165) is 31.4 Å². The van der Waals surface area contributed by atoms with Gasteiger partial charge in [-0.25, -0.2) is 0 Å². The average molecular weight is 280 g/mol. The highest BCUT2D eigenvalue weighted by molar-refractivity contribution is 6.17. The van der Waals surface area contributed by atoms with Crippen molar-refractivity contribution in [2.24, 2.45) is 0 Å². The number of rotatable bonds is 4. The van der Waals surface area contributed by atoms with Gasteiger partial charge in [-0.1, -0.05) is 30.3 Å². The second-order valence-corrected chi connectivity index (χ2v) is 5.67. The van der Waals surface area contributed by atoms with E-state index < -0.39 is 0 Å². The first-order chi connectivity index (χ1) is 9.24. The van der Waals surface area contributed by atoms with Gasteiger partial charge in [-0.15, -0.1) is 11.6 Å². The van der Waals surface area contributed by atoms with Crippen molar-refractivity contribution in [2.45, 2.75) is 44.6 Å². The van der Waals surface area contributed by atoms with Gasteiger partial charge < -0.3 is 4.90 Å². The smallest absolute Gasteiger partial charge is 0.230 e. The van der Waals surface area contributed by atoms with E-state index in [9.17, 15) is 4.79 Å². The molecule has 1 fully saturated rings. The SMILES string of the molecule is CC(C(=O)N1CCCCC1CCCl)c1ccccc1. The number of benzene rings is 1. The molecule has 1 aromatic carbocycles. The molecule has 0 N–H and O–H groups in total. The van der Waals surface area contributed by atoms with E-state index in [1.165, 1.54) is 6.42 Å². The highest BCUT2D eigenvalue weighted by Crippen LogP contribution is 2.25. The molecule has 0 spiro atoms. The third kappa shape index (κ3) is 3.50. The van der Waals surface area contributed by atoms with Gasteiger partial charge in [0.1, 0.15) is 0 Å². The van der Waals surface area contributed by atoms with Gasteiger partial charge in [-0.3, -0.25) is 4.79 Å². The van der Waals surface area contributed by atoms with Gasteiger partial charge in [0.15, 0.2) is 0 Å². The van der Waals surface area contributed by atoms with Gasteiger partial charge in [-0.2, -0.15) is 0 Å². The molecule has 3 heteroatoms. The Morgan fingerprint density at radius 2 is 2.11 bits per heavy atom. The molecule has 0 bridgehead atoms. The normalized spacial score (nSPS) is 21.2. The number of nitrogens with zero attached hydrogens (tertiary/aromatic N) is 1. The van der Waals surface area contributed by atoms with Crippen LogP contribution in [0.5, 0.6) is 0 Å². The number of likely N-dealkylation sites (tertiary alicyclic amines) is 1. The minimum atomic E-state index is -0.0582. The van der Waals surface area contributed by atoms with Crippen molar-refractivity contribution in [3.8, 4) is 0 Å². The summed E-state index contributed by atoms with van der Waals surface area (Å²) in [6, 6.07) is 10.4. The molecule has 1 saturated heterocycles. The highest BCUT2D eigenvalue weighted by Gasteiger charge is 2.29. The summed E-state index contributed by atoms with van der Waals surface area (Å²) in [6.07, 6.45) is 4.34. The monoisotopic (exact) mass is 279 g/mol. The second-order valence-electron chi connectivity index (χ2n) is 5.29. The third-order valence-corrected chi connectivity index (χ3v) is 4.24. The zero-order valence-electron chi connectivity index (χ0n) is 11.5. The number of hydrogen-bond donors (Lipinski definition) is 0. The van der Waals surface area contributed by atoms with Crippen LogP contribution in [-0.2, 0) is 4.79 Å². The first-order valence-electron chi connectivity index (χ1n) is 7.15. The number of alkyl halides is 1. The second kappa shape index (κ2) is 6.95. The van der Waals surface area contributed by atoms with E-state index in [0.29, 0.717) is 11.9 Å². The fourth-order valence-electron chi connectivity index (χ4n) is 2.85. The van der Waals surface area contributed by atoms with Crippen LogP contribution in [0.1, 0.15) is 44.1 Å². The molecular formula is C16H22ClNO. The molecule has 2 unspecified atom stereocenters. The molecule has 19 heavy (non-hydrogen) atoms. The highest BCUT2D eigenvalue weighted by atomic mass is 35.5. The maximum Gasteiger partial charge on any atom is 0.230 e. The van der Waals surface area contributed by atoms with E-state index in [-0.39, 0.29) is 11.8 Å². The predicted octanol–water partition coefficient (Wildman–Crippen LogP) is 3.80. The van der Waals surface area contributed by atoms with E-state index in [2.05, 4.69) is 4.90 Å². The predicted molar refractivity (Wildman–Crippen MR) is 79.5 cm³/mol. The van der Waals surface area contributed by atoms with Crippen LogP contribution in [0.25, 0.3) is 0 Å². The molecule has 2 atom stereocenters. The first kappa shape index (κ1) is 14.4. The number of carbonyl (C=O) groups excluding carboxylic acids is 1. The quantitative estimate of drug-likeness (QED) is 0.768. The summed E-state index contributed by atoms with van der Waals surface area (Å²) in [5.74, 6) is 0.826. The van der Waals surface area contributed by atoms with Gasteiger partial charge in [0.2, 0.25) is 5.91 Å². The molecule has 1 heterocycles. The molecule has 0 aliphatic carbocycles. The topological polar surface area (TPSA) is 20.3 Å². The molecule has 2 nitrogen and oxygen atoms in total. The van der Waals surface area contributed by atoms with E-state index >= 15 is 0 Å². The Kier molecular flexibility index (Phi) is 5.26. The molecule has 1 amide bonds. The number of hydrogen-bond acceptors (Lipinski definition) is 1. The van der Waals surface area contributed by atoms with Gasteiger partial charge in [-0.05, 0) is 38.2 Å². The number of piperidine rings is 1. The van der Waals surface area contributed by atoms with Crippen LogP contribution in [-0.4, -0.2) is 29.3 Å². The molecule has 0 aromatic heterocycles. The lowest BCUT2D eigenvalue weighted by atomic mass is 9.94. The van der Waals surface area contributed by atoms with Crippen molar-refractivity contribution in [3.63, 3.8) is 0 Å². The van der Waals surface area contributed by atoms with E-state index in [4.69, 9.17) is 11.6 Å². The van der Waals surface area contributed by atoms with E-state index in [1.54, 1.807) is 0 Å². The Balaban J connectivity index is 2.08. The molecule has 0 radical (unpaired) electrons. The maximum absolute atomic E-state index is 12.7. The van der Waals surface area contributed by atoms with Crippen LogP contribution in [0.4, 0.5) is 0 Å². The van der Waals surface area contributed by atoms with Crippen molar-refractivity contribution in [2.75, 3.05) is 12.4 Å². The van der Waals surface area contributed by atoms with Crippen LogP contribution in [0.3, 0.4) is 0 Å². The summed E-state index contributed by atoms with van der Waals surface area (Å²) >= 11 is 5.86. The molecule has 2 rings (SSSR count). The Bertz CT molecular complexity index is 404. The Morgan fingerprint density at radius 1 is 1.37 bits per heavy atom. The van der Waals surface area contributed by atoms with Crippen LogP contribution >= 0.6 is 11.6 Å². The van der Waals surface area contributed by atoms with Crippen molar-refractivity contribution in [3.05, 3.63) is 35.9 Å². The van der Waals surface area contributed by atoms with Crippen molar-refractivity contribution in [1.82, 2.24) is 4.90 Å². The lowest BCUT2D eigenvalue weighted by Crippen LogP contribution is -2.45. The molecule has 104 valence electrons. The lowest BCUT2D eigenvalue weighted by molar-refractivity contribution is -0.136. The molecule has 1 aliphatic heterocycles. The zero-order valence-corrected chi connectivity index (χ0v) is 12.3. The summed E-state index contributed by atoms with van der Waals surface area (Å²) in [7, 11) is 0. The average Bonchev–Trinajstić information content (AvgIpc) is 2.47. The largest absolute Gasteiger partial charge is 0.339 e. The van der Waals surface area contributed by atoms with Crippen molar-refractivity contribution < 1.29 is 4.79 Å². The summed E-state index contributed by atoms with van der Waals surface area (Å²) in [6.45, 7) is 2.89. The van der Waals surface area contributed by atoms with Crippen LogP contribution < -0.4 is 0 Å². The summed E-state index contributed by atoms with van der Waals surface area (Å²) in [5, 5.41) is 0. The van der Waals surface area contributed by atoms with E-state index in [1.807, 2.05) is 37.3 Å². The Labute approximate surface area is 120 Å².